The Hall–Kier alpha value is -3.87. The van der Waals surface area contributed by atoms with Gasteiger partial charge in [0, 0.05) is 6.07 Å². The van der Waals surface area contributed by atoms with E-state index in [4.69, 9.17) is 9.47 Å². The van der Waals surface area contributed by atoms with Crippen LogP contribution in [0.4, 0.5) is 11.4 Å². The third-order valence-electron chi connectivity index (χ3n) is 4.41. The molecule has 0 aliphatic carbocycles. The average Bonchev–Trinajstić information content (AvgIpc) is 2.74. The van der Waals surface area contributed by atoms with Crippen molar-refractivity contribution in [2.24, 2.45) is 0 Å². The largest absolute Gasteiger partial charge is 0.483 e. The summed E-state index contributed by atoms with van der Waals surface area (Å²) in [6.07, 6.45) is 1.50. The number of pyridine rings is 1. The molecule has 2 N–H and O–H groups in total. The number of aryl methyl sites for hydroxylation is 2. The number of aromatic nitrogens is 1. The van der Waals surface area contributed by atoms with Gasteiger partial charge < -0.3 is 20.1 Å². The molecule has 0 bridgehead atoms. The molecule has 1 heterocycles. The molecule has 0 unspecified atom stereocenters. The van der Waals surface area contributed by atoms with E-state index < -0.39 is 0 Å². The maximum atomic E-state index is 12.7. The average molecular weight is 405 g/mol. The number of hydrogen-bond acceptors (Lipinski definition) is 5. The summed E-state index contributed by atoms with van der Waals surface area (Å²) in [6, 6.07) is 15.9. The monoisotopic (exact) mass is 405 g/mol. The minimum absolute atomic E-state index is 0.163. The van der Waals surface area contributed by atoms with Crippen LogP contribution in [-0.2, 0) is 4.79 Å². The Morgan fingerprint density at radius 1 is 0.933 bits per heavy atom. The maximum Gasteiger partial charge on any atom is 0.262 e. The number of methoxy groups -OCH3 is 1. The van der Waals surface area contributed by atoms with Crippen LogP contribution < -0.4 is 20.1 Å². The number of benzene rings is 2. The Morgan fingerprint density at radius 2 is 1.67 bits per heavy atom. The summed E-state index contributed by atoms with van der Waals surface area (Å²) < 4.78 is 10.7. The van der Waals surface area contributed by atoms with Crippen LogP contribution in [0.5, 0.6) is 11.6 Å². The standard InChI is InChI=1S/C23H23N3O4/c1-15-7-6-8-16(2)22(15)30-14-20(27)26-19-10-5-4-9-18(19)23(28)25-17-11-12-21(29-3)24-13-17/h4-13H,14H2,1-3H3,(H,25,28)(H,26,27). The van der Waals surface area contributed by atoms with Gasteiger partial charge in [0.1, 0.15) is 5.75 Å². The molecule has 154 valence electrons. The lowest BCUT2D eigenvalue weighted by atomic mass is 10.1. The number of anilines is 2. The SMILES string of the molecule is COc1ccc(NC(=O)c2ccccc2NC(=O)COc2c(C)cccc2C)cn1. The molecular weight excluding hydrogens is 382 g/mol. The van der Waals surface area contributed by atoms with Gasteiger partial charge >= 0.3 is 0 Å². The van der Waals surface area contributed by atoms with Gasteiger partial charge in [-0.1, -0.05) is 30.3 Å². The van der Waals surface area contributed by atoms with Crippen LogP contribution >= 0.6 is 0 Å². The lowest BCUT2D eigenvalue weighted by molar-refractivity contribution is -0.118. The van der Waals surface area contributed by atoms with Crippen molar-refractivity contribution in [1.82, 2.24) is 4.98 Å². The number of nitrogens with one attached hydrogen (secondary N) is 2. The fourth-order valence-electron chi connectivity index (χ4n) is 2.91. The van der Waals surface area contributed by atoms with Gasteiger partial charge in [0.2, 0.25) is 5.88 Å². The van der Waals surface area contributed by atoms with Gasteiger partial charge in [-0.2, -0.15) is 0 Å². The Kier molecular flexibility index (Phi) is 6.64. The van der Waals surface area contributed by atoms with E-state index in [0.717, 1.165) is 11.1 Å². The third-order valence-corrected chi connectivity index (χ3v) is 4.41. The zero-order valence-electron chi connectivity index (χ0n) is 17.1. The smallest absolute Gasteiger partial charge is 0.262 e. The van der Waals surface area contributed by atoms with Crippen molar-refractivity contribution < 1.29 is 19.1 Å². The van der Waals surface area contributed by atoms with E-state index in [0.29, 0.717) is 28.6 Å². The molecule has 2 aromatic carbocycles. The first-order chi connectivity index (χ1) is 14.5. The Morgan fingerprint density at radius 3 is 2.33 bits per heavy atom. The van der Waals surface area contributed by atoms with E-state index in [9.17, 15) is 9.59 Å². The first-order valence-electron chi connectivity index (χ1n) is 9.37. The minimum Gasteiger partial charge on any atom is -0.483 e. The Bertz CT molecular complexity index is 1030. The molecule has 0 aliphatic heterocycles. The van der Waals surface area contributed by atoms with Crippen LogP contribution in [0.1, 0.15) is 21.5 Å². The molecule has 7 heteroatoms. The summed E-state index contributed by atoms with van der Waals surface area (Å²) in [4.78, 5) is 29.2. The molecule has 0 spiro atoms. The van der Waals surface area contributed by atoms with Crippen LogP contribution in [0.3, 0.4) is 0 Å². The van der Waals surface area contributed by atoms with Gasteiger partial charge in [0.15, 0.2) is 6.61 Å². The highest BCUT2D eigenvalue weighted by Crippen LogP contribution is 2.23. The molecule has 0 fully saturated rings. The normalized spacial score (nSPS) is 10.2. The van der Waals surface area contributed by atoms with Crippen LogP contribution in [0.15, 0.2) is 60.8 Å². The molecule has 7 nitrogen and oxygen atoms in total. The lowest BCUT2D eigenvalue weighted by Crippen LogP contribution is -2.23. The number of carbonyl (C=O) groups excluding carboxylic acids is 2. The van der Waals surface area contributed by atoms with Crippen LogP contribution in [-0.4, -0.2) is 30.5 Å². The summed E-state index contributed by atoms with van der Waals surface area (Å²) in [5, 5.41) is 5.50. The topological polar surface area (TPSA) is 89.6 Å². The molecule has 0 radical (unpaired) electrons. The van der Waals surface area contributed by atoms with Crippen molar-refractivity contribution in [3.05, 3.63) is 77.5 Å². The molecule has 0 atom stereocenters. The van der Waals surface area contributed by atoms with Crippen molar-refractivity contribution in [1.29, 1.82) is 0 Å². The van der Waals surface area contributed by atoms with E-state index in [1.54, 1.807) is 36.4 Å². The zero-order chi connectivity index (χ0) is 21.5. The number of nitrogens with zero attached hydrogens (tertiary/aromatic N) is 1. The van der Waals surface area contributed by atoms with Crippen LogP contribution in [0, 0.1) is 13.8 Å². The number of amides is 2. The quantitative estimate of drug-likeness (QED) is 0.621. The maximum absolute atomic E-state index is 12.7. The van der Waals surface area contributed by atoms with Crippen molar-refractivity contribution in [3.63, 3.8) is 0 Å². The number of carbonyl (C=O) groups is 2. The second kappa shape index (κ2) is 9.56. The second-order valence-corrected chi connectivity index (χ2v) is 6.65. The van der Waals surface area contributed by atoms with Gasteiger partial charge in [0.05, 0.1) is 30.2 Å². The molecule has 0 saturated carbocycles. The fraction of sp³-hybridized carbons (Fsp3) is 0.174. The zero-order valence-corrected chi connectivity index (χ0v) is 17.1. The van der Waals surface area contributed by atoms with Gasteiger partial charge in [-0.15, -0.1) is 0 Å². The van der Waals surface area contributed by atoms with Crippen molar-refractivity contribution in [2.45, 2.75) is 13.8 Å². The molecule has 30 heavy (non-hydrogen) atoms. The van der Waals surface area contributed by atoms with E-state index >= 15 is 0 Å². The summed E-state index contributed by atoms with van der Waals surface area (Å²) in [5.41, 5.74) is 3.15. The molecule has 3 aromatic rings. The van der Waals surface area contributed by atoms with E-state index in [-0.39, 0.29) is 18.4 Å². The number of hydrogen-bond donors (Lipinski definition) is 2. The number of rotatable bonds is 7. The molecule has 2 amide bonds. The minimum atomic E-state index is -0.367. The lowest BCUT2D eigenvalue weighted by Gasteiger charge is -2.14. The van der Waals surface area contributed by atoms with Crippen molar-refractivity contribution in [2.75, 3.05) is 24.4 Å². The molecular formula is C23H23N3O4. The molecule has 1 aromatic heterocycles. The van der Waals surface area contributed by atoms with E-state index in [1.807, 2.05) is 32.0 Å². The van der Waals surface area contributed by atoms with Gasteiger partial charge in [-0.3, -0.25) is 9.59 Å². The first-order valence-corrected chi connectivity index (χ1v) is 9.37. The van der Waals surface area contributed by atoms with Gasteiger partial charge in [0.25, 0.3) is 11.8 Å². The highest BCUT2D eigenvalue weighted by atomic mass is 16.5. The van der Waals surface area contributed by atoms with Gasteiger partial charge in [-0.05, 0) is 43.2 Å². The molecule has 0 saturated heterocycles. The number of para-hydroxylation sites is 2. The summed E-state index contributed by atoms with van der Waals surface area (Å²) in [7, 11) is 1.52. The Balaban J connectivity index is 1.66. The third kappa shape index (κ3) is 5.14. The van der Waals surface area contributed by atoms with Crippen molar-refractivity contribution in [3.8, 4) is 11.6 Å². The predicted octanol–water partition coefficient (Wildman–Crippen LogP) is 3.98. The van der Waals surface area contributed by atoms with Crippen molar-refractivity contribution >= 4 is 23.2 Å². The fourth-order valence-corrected chi connectivity index (χ4v) is 2.91. The second-order valence-electron chi connectivity index (χ2n) is 6.65. The highest BCUT2D eigenvalue weighted by Gasteiger charge is 2.14. The Labute approximate surface area is 175 Å². The van der Waals surface area contributed by atoms with Gasteiger partial charge in [-0.25, -0.2) is 4.98 Å². The predicted molar refractivity (Wildman–Crippen MR) is 115 cm³/mol. The molecule has 3 rings (SSSR count). The van der Waals surface area contributed by atoms with E-state index in [1.165, 1.54) is 13.3 Å². The summed E-state index contributed by atoms with van der Waals surface area (Å²) >= 11 is 0. The van der Waals surface area contributed by atoms with E-state index in [2.05, 4.69) is 15.6 Å². The van der Waals surface area contributed by atoms with Crippen LogP contribution in [0.25, 0.3) is 0 Å². The molecule has 0 aliphatic rings. The van der Waals surface area contributed by atoms with Crippen LogP contribution in [0.2, 0.25) is 0 Å². The summed E-state index contributed by atoms with van der Waals surface area (Å²) in [5.74, 6) is 0.410. The summed E-state index contributed by atoms with van der Waals surface area (Å²) in [6.45, 7) is 3.69. The number of ether oxygens (including phenoxy) is 2. The first kappa shape index (κ1) is 20.9. The highest BCUT2D eigenvalue weighted by molar-refractivity contribution is 6.10.